The smallest absolute Gasteiger partial charge is 0.271 e. The summed E-state index contributed by atoms with van der Waals surface area (Å²) in [5.41, 5.74) is 0.308. The van der Waals surface area contributed by atoms with E-state index in [0.717, 1.165) is 19.4 Å². The molecule has 6 heteroatoms. The second-order valence-electron chi connectivity index (χ2n) is 3.76. The third kappa shape index (κ3) is 5.09. The maximum absolute atomic E-state index is 11.6. The van der Waals surface area contributed by atoms with Crippen LogP contribution in [0, 0.1) is 0 Å². The van der Waals surface area contributed by atoms with Crippen molar-refractivity contribution in [2.24, 2.45) is 0 Å². The van der Waals surface area contributed by atoms with E-state index in [2.05, 4.69) is 27.5 Å². The number of amides is 1. The van der Waals surface area contributed by atoms with Gasteiger partial charge >= 0.3 is 0 Å². The van der Waals surface area contributed by atoms with Crippen molar-refractivity contribution in [2.45, 2.75) is 19.8 Å². The van der Waals surface area contributed by atoms with Crippen LogP contribution in [0.1, 0.15) is 30.3 Å². The van der Waals surface area contributed by atoms with Crippen molar-refractivity contribution >= 4 is 11.7 Å². The van der Waals surface area contributed by atoms with Crippen LogP contribution in [0.3, 0.4) is 0 Å². The predicted molar refractivity (Wildman–Crippen MR) is 69.6 cm³/mol. The topological polar surface area (TPSA) is 76.1 Å². The summed E-state index contributed by atoms with van der Waals surface area (Å²) in [5.74, 6) is 0.402. The Hall–Kier alpha value is -1.69. The van der Waals surface area contributed by atoms with Crippen molar-refractivity contribution in [3.63, 3.8) is 0 Å². The normalized spacial score (nSPS) is 10.1. The van der Waals surface area contributed by atoms with Crippen LogP contribution in [-0.4, -0.2) is 42.7 Å². The third-order valence-corrected chi connectivity index (χ3v) is 2.31. The van der Waals surface area contributed by atoms with Gasteiger partial charge in [0.15, 0.2) is 0 Å². The van der Waals surface area contributed by atoms with Gasteiger partial charge in [0.05, 0.1) is 19.0 Å². The van der Waals surface area contributed by atoms with Crippen LogP contribution in [0.2, 0.25) is 0 Å². The quantitative estimate of drug-likeness (QED) is 0.677. The molecule has 1 aromatic heterocycles. The Balaban J connectivity index is 2.23. The Kier molecular flexibility index (Phi) is 6.71. The van der Waals surface area contributed by atoms with E-state index in [1.165, 1.54) is 12.4 Å². The molecule has 1 aromatic rings. The molecule has 1 heterocycles. The van der Waals surface area contributed by atoms with Crippen molar-refractivity contribution in [3.05, 3.63) is 18.1 Å². The molecule has 0 unspecified atom stereocenters. The number of unbranched alkanes of at least 4 members (excludes halogenated alkanes) is 1. The third-order valence-electron chi connectivity index (χ3n) is 2.31. The van der Waals surface area contributed by atoms with Crippen molar-refractivity contribution < 1.29 is 9.53 Å². The number of ether oxygens (including phenoxy) is 1. The molecule has 1 amide bonds. The van der Waals surface area contributed by atoms with Crippen LogP contribution in [0.25, 0.3) is 0 Å². The highest BCUT2D eigenvalue weighted by molar-refractivity contribution is 5.91. The van der Waals surface area contributed by atoms with E-state index in [0.29, 0.717) is 24.7 Å². The zero-order valence-corrected chi connectivity index (χ0v) is 10.9. The Bertz CT molecular complexity index is 354. The Morgan fingerprint density at radius 2 is 2.17 bits per heavy atom. The zero-order valence-electron chi connectivity index (χ0n) is 10.9. The molecule has 18 heavy (non-hydrogen) atoms. The van der Waals surface area contributed by atoms with Gasteiger partial charge < -0.3 is 15.4 Å². The summed E-state index contributed by atoms with van der Waals surface area (Å²) in [6, 6.07) is 0. The number of anilines is 1. The van der Waals surface area contributed by atoms with E-state index in [4.69, 9.17) is 4.74 Å². The van der Waals surface area contributed by atoms with E-state index < -0.39 is 0 Å². The summed E-state index contributed by atoms with van der Waals surface area (Å²) >= 11 is 0. The monoisotopic (exact) mass is 252 g/mol. The standard InChI is InChI=1S/C12H20N4O2/c1-3-4-6-18-7-5-14-12(17)10-8-16-11(13-2)9-15-10/h8-9H,3-7H2,1-2H3,(H,13,16)(H,14,17). The Morgan fingerprint density at radius 3 is 2.78 bits per heavy atom. The van der Waals surface area contributed by atoms with Gasteiger partial charge in [-0.15, -0.1) is 0 Å². The average Bonchev–Trinajstić information content (AvgIpc) is 2.42. The lowest BCUT2D eigenvalue weighted by molar-refractivity contribution is 0.0907. The number of nitrogens with one attached hydrogen (secondary N) is 2. The maximum Gasteiger partial charge on any atom is 0.271 e. The van der Waals surface area contributed by atoms with Gasteiger partial charge in [-0.05, 0) is 6.42 Å². The van der Waals surface area contributed by atoms with Gasteiger partial charge in [-0.3, -0.25) is 4.79 Å². The van der Waals surface area contributed by atoms with Crippen LogP contribution in [0.4, 0.5) is 5.82 Å². The molecule has 0 saturated heterocycles. The first-order chi connectivity index (χ1) is 8.77. The molecular formula is C12H20N4O2. The molecule has 0 bridgehead atoms. The van der Waals surface area contributed by atoms with Gasteiger partial charge in [0, 0.05) is 20.2 Å². The molecule has 0 radical (unpaired) electrons. The van der Waals surface area contributed by atoms with Gasteiger partial charge in [0.25, 0.3) is 5.91 Å². The first kappa shape index (κ1) is 14.4. The van der Waals surface area contributed by atoms with E-state index >= 15 is 0 Å². The molecule has 0 aromatic carbocycles. The first-order valence-corrected chi connectivity index (χ1v) is 6.13. The highest BCUT2D eigenvalue weighted by Crippen LogP contribution is 1.99. The highest BCUT2D eigenvalue weighted by Gasteiger charge is 2.06. The van der Waals surface area contributed by atoms with Gasteiger partial charge in [-0.1, -0.05) is 13.3 Å². The Labute approximate surface area is 107 Å². The number of carbonyl (C=O) groups is 1. The minimum atomic E-state index is -0.232. The number of carbonyl (C=O) groups excluding carboxylic acids is 1. The molecule has 100 valence electrons. The molecule has 2 N–H and O–H groups in total. The summed E-state index contributed by atoms with van der Waals surface area (Å²) in [6.07, 6.45) is 5.12. The van der Waals surface area contributed by atoms with Crippen molar-refractivity contribution in [2.75, 3.05) is 32.1 Å². The summed E-state index contributed by atoms with van der Waals surface area (Å²) < 4.78 is 5.34. The van der Waals surface area contributed by atoms with Crippen LogP contribution < -0.4 is 10.6 Å². The SMILES string of the molecule is CCCCOCCNC(=O)c1cnc(NC)cn1. The molecule has 0 aliphatic heterocycles. The average molecular weight is 252 g/mol. The summed E-state index contributed by atoms with van der Waals surface area (Å²) in [7, 11) is 1.75. The second-order valence-corrected chi connectivity index (χ2v) is 3.76. The molecule has 0 fully saturated rings. The Morgan fingerprint density at radius 1 is 1.33 bits per heavy atom. The molecule has 0 atom stereocenters. The predicted octanol–water partition coefficient (Wildman–Crippen LogP) is 1.06. The molecule has 0 saturated carbocycles. The number of hydrogen-bond acceptors (Lipinski definition) is 5. The highest BCUT2D eigenvalue weighted by atomic mass is 16.5. The summed E-state index contributed by atoms with van der Waals surface area (Å²) in [5, 5.41) is 5.57. The van der Waals surface area contributed by atoms with E-state index in [1.807, 2.05) is 0 Å². The van der Waals surface area contributed by atoms with Gasteiger partial charge in [-0.25, -0.2) is 9.97 Å². The maximum atomic E-state index is 11.6. The molecular weight excluding hydrogens is 232 g/mol. The number of rotatable bonds is 8. The lowest BCUT2D eigenvalue weighted by atomic mass is 10.4. The van der Waals surface area contributed by atoms with Crippen LogP contribution in [0.15, 0.2) is 12.4 Å². The molecule has 0 aliphatic rings. The lowest BCUT2D eigenvalue weighted by Gasteiger charge is -2.06. The first-order valence-electron chi connectivity index (χ1n) is 6.13. The minimum absolute atomic E-state index is 0.232. The van der Waals surface area contributed by atoms with Gasteiger partial charge in [-0.2, -0.15) is 0 Å². The number of nitrogens with zero attached hydrogens (tertiary/aromatic N) is 2. The second kappa shape index (κ2) is 8.41. The van der Waals surface area contributed by atoms with Crippen LogP contribution >= 0.6 is 0 Å². The van der Waals surface area contributed by atoms with Crippen molar-refractivity contribution in [3.8, 4) is 0 Å². The van der Waals surface area contributed by atoms with Crippen LogP contribution in [-0.2, 0) is 4.74 Å². The van der Waals surface area contributed by atoms with Crippen molar-refractivity contribution in [1.82, 2.24) is 15.3 Å². The van der Waals surface area contributed by atoms with E-state index in [-0.39, 0.29) is 5.91 Å². The fourth-order valence-electron chi connectivity index (χ4n) is 1.25. The number of hydrogen-bond donors (Lipinski definition) is 2. The summed E-state index contributed by atoms with van der Waals surface area (Å²) in [4.78, 5) is 19.7. The zero-order chi connectivity index (χ0) is 13.2. The van der Waals surface area contributed by atoms with Gasteiger partial charge in [0.1, 0.15) is 11.5 Å². The molecule has 0 spiro atoms. The van der Waals surface area contributed by atoms with Gasteiger partial charge in [0.2, 0.25) is 0 Å². The molecule has 6 nitrogen and oxygen atoms in total. The number of aromatic nitrogens is 2. The minimum Gasteiger partial charge on any atom is -0.380 e. The largest absolute Gasteiger partial charge is 0.380 e. The summed E-state index contributed by atoms with van der Waals surface area (Å²) in [6.45, 7) is 3.85. The fourth-order valence-corrected chi connectivity index (χ4v) is 1.25. The van der Waals surface area contributed by atoms with Crippen molar-refractivity contribution in [1.29, 1.82) is 0 Å². The molecule has 0 aliphatic carbocycles. The van der Waals surface area contributed by atoms with E-state index in [1.54, 1.807) is 7.05 Å². The fraction of sp³-hybridized carbons (Fsp3) is 0.583. The molecule has 1 rings (SSSR count). The lowest BCUT2D eigenvalue weighted by Crippen LogP contribution is -2.28. The van der Waals surface area contributed by atoms with E-state index in [9.17, 15) is 4.79 Å². The van der Waals surface area contributed by atoms with Crippen LogP contribution in [0.5, 0.6) is 0 Å².